The van der Waals surface area contributed by atoms with Crippen LogP contribution in [0.5, 0.6) is 0 Å². The van der Waals surface area contributed by atoms with Crippen molar-refractivity contribution in [1.29, 1.82) is 0 Å². The van der Waals surface area contributed by atoms with Crippen LogP contribution in [0.4, 0.5) is 5.13 Å². The fourth-order valence-corrected chi connectivity index (χ4v) is 4.49. The zero-order valence-corrected chi connectivity index (χ0v) is 17.2. The van der Waals surface area contributed by atoms with Crippen molar-refractivity contribution in [2.75, 3.05) is 11.1 Å². The van der Waals surface area contributed by atoms with Gasteiger partial charge in [-0.15, -0.1) is 21.5 Å². The molecule has 1 amide bonds. The molecule has 0 aliphatic carbocycles. The van der Waals surface area contributed by atoms with Gasteiger partial charge in [0.25, 0.3) is 0 Å². The van der Waals surface area contributed by atoms with Crippen molar-refractivity contribution in [1.82, 2.24) is 19.6 Å². The lowest BCUT2D eigenvalue weighted by molar-refractivity contribution is -0.113. The predicted molar refractivity (Wildman–Crippen MR) is 111 cm³/mol. The van der Waals surface area contributed by atoms with Crippen LogP contribution in [0.2, 0.25) is 0 Å². The number of carbonyl (C=O) groups is 1. The Kier molecular flexibility index (Phi) is 4.61. The number of pyridine rings is 1. The summed E-state index contributed by atoms with van der Waals surface area (Å²) in [5.74, 6) is 0.149. The molecule has 0 saturated heterocycles. The molecule has 0 aliphatic heterocycles. The molecule has 3 aromatic heterocycles. The second kappa shape index (κ2) is 6.94. The van der Waals surface area contributed by atoms with Crippen molar-refractivity contribution in [2.45, 2.75) is 32.9 Å². The molecule has 3 heterocycles. The minimum Gasteiger partial charge on any atom is -0.301 e. The van der Waals surface area contributed by atoms with Gasteiger partial charge in [-0.05, 0) is 55.8 Å². The fourth-order valence-electron chi connectivity index (χ4n) is 3.05. The second-order valence-electron chi connectivity index (χ2n) is 6.55. The molecule has 0 radical (unpaired) electrons. The number of anilines is 1. The van der Waals surface area contributed by atoms with E-state index in [1.165, 1.54) is 34.2 Å². The van der Waals surface area contributed by atoms with Gasteiger partial charge in [-0.1, -0.05) is 23.9 Å². The number of hydrogen-bond acceptors (Lipinski definition) is 6. The van der Waals surface area contributed by atoms with Gasteiger partial charge in [-0.3, -0.25) is 9.20 Å². The van der Waals surface area contributed by atoms with E-state index < -0.39 is 0 Å². The maximum Gasteiger partial charge on any atom is 0.236 e. The monoisotopic (exact) mass is 397 g/mol. The summed E-state index contributed by atoms with van der Waals surface area (Å²) in [5.41, 5.74) is 6.30. The van der Waals surface area contributed by atoms with Crippen LogP contribution in [-0.2, 0) is 4.79 Å². The maximum absolute atomic E-state index is 12.3. The van der Waals surface area contributed by atoms with Crippen LogP contribution in [0.15, 0.2) is 28.7 Å². The van der Waals surface area contributed by atoms with Crippen LogP contribution in [0, 0.1) is 27.7 Å². The second-order valence-corrected chi connectivity index (χ2v) is 8.35. The lowest BCUT2D eigenvalue weighted by Crippen LogP contribution is -2.14. The van der Waals surface area contributed by atoms with E-state index >= 15 is 0 Å². The van der Waals surface area contributed by atoms with E-state index in [4.69, 9.17) is 0 Å². The number of benzene rings is 1. The van der Waals surface area contributed by atoms with Gasteiger partial charge in [0.2, 0.25) is 5.91 Å². The van der Waals surface area contributed by atoms with E-state index in [2.05, 4.69) is 56.9 Å². The number of nitrogens with one attached hydrogen (secondary N) is 1. The van der Waals surface area contributed by atoms with Crippen LogP contribution in [0.25, 0.3) is 16.6 Å². The van der Waals surface area contributed by atoms with Gasteiger partial charge >= 0.3 is 0 Å². The lowest BCUT2D eigenvalue weighted by Gasteiger charge is -2.11. The first-order valence-electron chi connectivity index (χ1n) is 8.53. The molecule has 1 aromatic carbocycles. The highest BCUT2D eigenvalue weighted by molar-refractivity contribution is 7.99. The fraction of sp³-hybridized carbons (Fsp3) is 0.263. The topological polar surface area (TPSA) is 72.2 Å². The first-order valence-corrected chi connectivity index (χ1v) is 10.4. The number of thioether (sulfide) groups is 1. The molecule has 0 bridgehead atoms. The van der Waals surface area contributed by atoms with Gasteiger partial charge in [0.15, 0.2) is 15.9 Å². The summed E-state index contributed by atoms with van der Waals surface area (Å²) in [6.07, 6.45) is 0. The number of thiazole rings is 1. The molecule has 6 nitrogen and oxygen atoms in total. The van der Waals surface area contributed by atoms with Gasteiger partial charge in [-0.2, -0.15) is 0 Å². The summed E-state index contributed by atoms with van der Waals surface area (Å²) in [6, 6.07) is 6.39. The normalized spacial score (nSPS) is 11.4. The van der Waals surface area contributed by atoms with Gasteiger partial charge in [-0.25, -0.2) is 4.98 Å². The smallest absolute Gasteiger partial charge is 0.236 e. The molecular formula is C19H19N5OS2. The zero-order chi connectivity index (χ0) is 19.1. The summed E-state index contributed by atoms with van der Waals surface area (Å²) < 4.78 is 2.07. The Bertz CT molecular complexity index is 1180. The van der Waals surface area contributed by atoms with Gasteiger partial charge in [0.05, 0.1) is 17.0 Å². The first-order chi connectivity index (χ1) is 12.9. The van der Waals surface area contributed by atoms with Gasteiger partial charge < -0.3 is 5.32 Å². The van der Waals surface area contributed by atoms with Crippen molar-refractivity contribution in [3.8, 4) is 0 Å². The molecule has 0 unspecified atom stereocenters. The third-order valence-corrected chi connectivity index (χ3v) is 6.32. The number of nitrogens with zero attached hydrogens (tertiary/aromatic N) is 4. The highest BCUT2D eigenvalue weighted by Crippen LogP contribution is 2.29. The number of amides is 1. The Balaban J connectivity index is 1.68. The van der Waals surface area contributed by atoms with Crippen LogP contribution in [0.1, 0.15) is 22.4 Å². The molecule has 4 aromatic rings. The quantitative estimate of drug-likeness (QED) is 0.520. The molecule has 138 valence electrons. The number of hydrogen-bond donors (Lipinski definition) is 1. The summed E-state index contributed by atoms with van der Waals surface area (Å²) in [6.45, 7) is 8.14. The van der Waals surface area contributed by atoms with Crippen molar-refractivity contribution < 1.29 is 4.79 Å². The molecule has 0 atom stereocenters. The van der Waals surface area contributed by atoms with Crippen molar-refractivity contribution in [2.24, 2.45) is 0 Å². The van der Waals surface area contributed by atoms with Crippen LogP contribution in [-0.4, -0.2) is 31.2 Å². The molecule has 1 N–H and O–H groups in total. The number of rotatable bonds is 4. The van der Waals surface area contributed by atoms with E-state index in [1.807, 2.05) is 19.2 Å². The maximum atomic E-state index is 12.3. The van der Waals surface area contributed by atoms with Crippen molar-refractivity contribution >= 4 is 50.7 Å². The highest BCUT2D eigenvalue weighted by atomic mass is 32.2. The molecular weight excluding hydrogens is 378 g/mol. The van der Waals surface area contributed by atoms with E-state index in [-0.39, 0.29) is 11.7 Å². The highest BCUT2D eigenvalue weighted by Gasteiger charge is 2.16. The van der Waals surface area contributed by atoms with Crippen LogP contribution in [0.3, 0.4) is 0 Å². The molecule has 8 heteroatoms. The zero-order valence-electron chi connectivity index (χ0n) is 15.5. The summed E-state index contributed by atoms with van der Waals surface area (Å²) in [7, 11) is 0. The van der Waals surface area contributed by atoms with E-state index in [0.29, 0.717) is 5.13 Å². The van der Waals surface area contributed by atoms with Gasteiger partial charge in [0.1, 0.15) is 0 Å². The Morgan fingerprint density at radius 2 is 2.00 bits per heavy atom. The lowest BCUT2D eigenvalue weighted by atomic mass is 10.0. The summed E-state index contributed by atoms with van der Waals surface area (Å²) in [4.78, 5) is 16.5. The number of fused-ring (bicyclic) bond motifs is 3. The average Bonchev–Trinajstić information content (AvgIpc) is 3.23. The molecule has 0 aliphatic rings. The Hall–Kier alpha value is -2.45. The molecule has 0 fully saturated rings. The standard InChI is InChI=1S/C19H19N5OS2/c1-10-5-6-14-7-11(2)17-22-23-19(24(17)16(14)13(10)4)27-9-15(25)21-18-20-12(3)8-26-18/h5-8H,9H2,1-4H3,(H,20,21,25). The largest absolute Gasteiger partial charge is 0.301 e. The van der Waals surface area contributed by atoms with Crippen LogP contribution >= 0.6 is 23.1 Å². The van der Waals surface area contributed by atoms with Crippen molar-refractivity contribution in [3.63, 3.8) is 0 Å². The number of aromatic nitrogens is 4. The van der Waals surface area contributed by atoms with E-state index in [9.17, 15) is 4.79 Å². The molecule has 27 heavy (non-hydrogen) atoms. The Morgan fingerprint density at radius 3 is 2.74 bits per heavy atom. The minimum atomic E-state index is -0.101. The molecule has 0 spiro atoms. The third-order valence-electron chi connectivity index (χ3n) is 4.51. The van der Waals surface area contributed by atoms with E-state index in [0.717, 1.165) is 33.0 Å². The SMILES string of the molecule is Cc1csc(NC(=O)CSc2nnc3c(C)cc4ccc(C)c(C)c4n23)n1. The Labute approximate surface area is 165 Å². The predicted octanol–water partition coefficient (Wildman–Crippen LogP) is 4.30. The summed E-state index contributed by atoms with van der Waals surface area (Å²) >= 11 is 2.81. The van der Waals surface area contributed by atoms with Crippen molar-refractivity contribution in [3.05, 3.63) is 46.0 Å². The van der Waals surface area contributed by atoms with Crippen LogP contribution < -0.4 is 5.32 Å². The van der Waals surface area contributed by atoms with E-state index in [1.54, 1.807) is 0 Å². The summed E-state index contributed by atoms with van der Waals surface area (Å²) in [5, 5.41) is 15.9. The Morgan fingerprint density at radius 1 is 1.19 bits per heavy atom. The average molecular weight is 398 g/mol. The first kappa shape index (κ1) is 17.9. The number of aryl methyl sites for hydroxylation is 4. The third kappa shape index (κ3) is 3.30. The number of carbonyl (C=O) groups excluding carboxylic acids is 1. The minimum absolute atomic E-state index is 0.101. The molecule has 0 saturated carbocycles. The molecule has 4 rings (SSSR count). The van der Waals surface area contributed by atoms with Gasteiger partial charge in [0, 0.05) is 5.38 Å².